The van der Waals surface area contributed by atoms with Crippen molar-refractivity contribution in [3.8, 4) is 17.2 Å². The molecule has 0 radical (unpaired) electrons. The summed E-state index contributed by atoms with van der Waals surface area (Å²) in [6.07, 6.45) is 4.95. The maximum atomic E-state index is 5.72. The fourth-order valence-electron chi connectivity index (χ4n) is 4.11. The normalized spacial score (nSPS) is 15.4. The van der Waals surface area contributed by atoms with E-state index in [9.17, 15) is 0 Å². The van der Waals surface area contributed by atoms with Gasteiger partial charge in [-0.1, -0.05) is 6.07 Å². The van der Waals surface area contributed by atoms with E-state index in [0.717, 1.165) is 43.3 Å². The number of ether oxygens (including phenoxy) is 3. The van der Waals surface area contributed by atoms with E-state index in [1.807, 2.05) is 24.3 Å². The third kappa shape index (κ3) is 5.88. The highest BCUT2D eigenvalue weighted by Crippen LogP contribution is 2.39. The quantitative estimate of drug-likeness (QED) is 0.407. The third-order valence-corrected chi connectivity index (χ3v) is 5.69. The third-order valence-electron chi connectivity index (χ3n) is 5.69. The van der Waals surface area contributed by atoms with Gasteiger partial charge in [0.15, 0.2) is 17.5 Å². The molecule has 1 atom stereocenters. The fraction of sp³-hybridized carbons (Fsp3) is 0.542. The molecule has 0 bridgehead atoms. The van der Waals surface area contributed by atoms with Crippen molar-refractivity contribution in [3.05, 3.63) is 41.9 Å². The van der Waals surface area contributed by atoms with Gasteiger partial charge in [0.25, 0.3) is 0 Å². The molecule has 32 heavy (non-hydrogen) atoms. The molecule has 0 amide bonds. The van der Waals surface area contributed by atoms with Crippen molar-refractivity contribution in [3.63, 3.8) is 0 Å². The second kappa shape index (κ2) is 12.2. The largest absolute Gasteiger partial charge is 0.493 e. The van der Waals surface area contributed by atoms with Crippen LogP contribution in [0.25, 0.3) is 0 Å². The lowest BCUT2D eigenvalue weighted by Gasteiger charge is -2.24. The van der Waals surface area contributed by atoms with Crippen LogP contribution in [-0.4, -0.2) is 64.9 Å². The van der Waals surface area contributed by atoms with Crippen LogP contribution in [0.5, 0.6) is 17.2 Å². The second-order valence-corrected chi connectivity index (χ2v) is 7.66. The first kappa shape index (κ1) is 23.8. The van der Waals surface area contributed by atoms with E-state index in [0.29, 0.717) is 30.3 Å². The van der Waals surface area contributed by atoms with Gasteiger partial charge >= 0.3 is 0 Å². The summed E-state index contributed by atoms with van der Waals surface area (Å²) in [7, 11) is 4.89. The monoisotopic (exact) mass is 444 g/mol. The van der Waals surface area contributed by atoms with E-state index in [-0.39, 0.29) is 6.04 Å². The Morgan fingerprint density at radius 2 is 1.84 bits per heavy atom. The van der Waals surface area contributed by atoms with Gasteiger partial charge in [0.2, 0.25) is 5.75 Å². The maximum Gasteiger partial charge on any atom is 0.203 e. The molecule has 2 heterocycles. The topological polar surface area (TPSA) is 80.5 Å². The number of hydrogen-bond donors (Lipinski definition) is 2. The molecule has 1 aromatic carbocycles. The average molecular weight is 445 g/mol. The fourth-order valence-corrected chi connectivity index (χ4v) is 4.11. The van der Waals surface area contributed by atoms with Crippen molar-refractivity contribution < 1.29 is 18.6 Å². The van der Waals surface area contributed by atoms with Crippen molar-refractivity contribution >= 4 is 5.96 Å². The standard InChI is InChI=1S/C24H36N4O4/c1-5-25-24(27-17-19(20-9-8-16-32-20)28-14-6-7-15-28)26-13-12-18-10-11-21(29-2)23(31-4)22(18)30-3/h8-11,16,19H,5-7,12-15,17H2,1-4H3,(H2,25,26,27). The van der Waals surface area contributed by atoms with Crippen LogP contribution < -0.4 is 24.8 Å². The van der Waals surface area contributed by atoms with E-state index in [1.54, 1.807) is 27.6 Å². The number of aliphatic imine (C=N–C) groups is 1. The number of benzene rings is 1. The van der Waals surface area contributed by atoms with Crippen molar-refractivity contribution in [2.24, 2.45) is 4.99 Å². The van der Waals surface area contributed by atoms with Crippen LogP contribution in [0.1, 0.15) is 37.1 Å². The number of likely N-dealkylation sites (tertiary alicyclic amines) is 1. The van der Waals surface area contributed by atoms with Gasteiger partial charge in [-0.05, 0) is 57.5 Å². The highest BCUT2D eigenvalue weighted by molar-refractivity contribution is 5.79. The first-order chi connectivity index (χ1) is 15.7. The summed E-state index contributed by atoms with van der Waals surface area (Å²) in [6.45, 7) is 6.38. The summed E-state index contributed by atoms with van der Waals surface area (Å²) in [5.74, 6) is 3.73. The van der Waals surface area contributed by atoms with Crippen molar-refractivity contribution in [2.75, 3.05) is 54.1 Å². The lowest BCUT2D eigenvalue weighted by Crippen LogP contribution is -2.39. The molecule has 1 fully saturated rings. The Balaban J connectivity index is 1.66. The Labute approximate surface area is 190 Å². The molecule has 1 aliphatic rings. The van der Waals surface area contributed by atoms with Gasteiger partial charge in [0, 0.05) is 18.7 Å². The second-order valence-electron chi connectivity index (χ2n) is 7.66. The molecule has 1 unspecified atom stereocenters. The zero-order chi connectivity index (χ0) is 22.8. The summed E-state index contributed by atoms with van der Waals surface area (Å²) in [6, 6.07) is 8.06. The van der Waals surface area contributed by atoms with Crippen molar-refractivity contribution in [1.29, 1.82) is 0 Å². The summed E-state index contributed by atoms with van der Waals surface area (Å²) in [5.41, 5.74) is 1.04. The molecular formula is C24H36N4O4. The Kier molecular flexibility index (Phi) is 9.10. The first-order valence-corrected chi connectivity index (χ1v) is 11.3. The van der Waals surface area contributed by atoms with E-state index in [4.69, 9.17) is 23.6 Å². The molecule has 8 nitrogen and oxygen atoms in total. The lowest BCUT2D eigenvalue weighted by molar-refractivity contribution is 0.221. The number of nitrogens with one attached hydrogen (secondary N) is 2. The lowest BCUT2D eigenvalue weighted by atomic mass is 10.1. The molecule has 1 aliphatic heterocycles. The molecule has 2 N–H and O–H groups in total. The molecule has 0 spiro atoms. The number of guanidine groups is 1. The zero-order valence-electron chi connectivity index (χ0n) is 19.6. The molecule has 0 aliphatic carbocycles. The number of hydrogen-bond acceptors (Lipinski definition) is 6. The Hall–Kier alpha value is -2.87. The average Bonchev–Trinajstić information content (AvgIpc) is 3.53. The Bertz CT molecular complexity index is 848. The van der Waals surface area contributed by atoms with Gasteiger partial charge in [0.1, 0.15) is 5.76 Å². The first-order valence-electron chi connectivity index (χ1n) is 11.3. The molecule has 176 valence electrons. The van der Waals surface area contributed by atoms with Gasteiger partial charge in [-0.15, -0.1) is 0 Å². The van der Waals surface area contributed by atoms with Crippen LogP contribution in [0.4, 0.5) is 0 Å². The summed E-state index contributed by atoms with van der Waals surface area (Å²) in [4.78, 5) is 7.32. The molecule has 3 rings (SSSR count). The van der Waals surface area contributed by atoms with Gasteiger partial charge < -0.3 is 29.3 Å². The minimum absolute atomic E-state index is 0.161. The van der Waals surface area contributed by atoms with E-state index < -0.39 is 0 Å². The number of methoxy groups -OCH3 is 3. The minimum atomic E-state index is 0.161. The number of nitrogens with zero attached hydrogens (tertiary/aromatic N) is 2. The van der Waals surface area contributed by atoms with Crippen molar-refractivity contribution in [2.45, 2.75) is 32.2 Å². The van der Waals surface area contributed by atoms with Gasteiger partial charge in [-0.25, -0.2) is 0 Å². The zero-order valence-corrected chi connectivity index (χ0v) is 19.6. The van der Waals surface area contributed by atoms with E-state index in [1.165, 1.54) is 12.8 Å². The predicted octanol–water partition coefficient (Wildman–Crippen LogP) is 3.24. The van der Waals surface area contributed by atoms with Crippen LogP contribution in [0.15, 0.2) is 39.9 Å². The van der Waals surface area contributed by atoms with E-state index >= 15 is 0 Å². The smallest absolute Gasteiger partial charge is 0.203 e. The molecule has 1 saturated heterocycles. The van der Waals surface area contributed by atoms with Crippen LogP contribution in [-0.2, 0) is 6.42 Å². The van der Waals surface area contributed by atoms with Crippen LogP contribution in [0.2, 0.25) is 0 Å². The van der Waals surface area contributed by atoms with Crippen LogP contribution in [0.3, 0.4) is 0 Å². The highest BCUT2D eigenvalue weighted by atomic mass is 16.5. The van der Waals surface area contributed by atoms with Gasteiger partial charge in [0.05, 0.1) is 40.2 Å². The highest BCUT2D eigenvalue weighted by Gasteiger charge is 2.25. The maximum absolute atomic E-state index is 5.72. The van der Waals surface area contributed by atoms with E-state index in [2.05, 4.69) is 22.5 Å². The SMILES string of the molecule is CCNC(=NCC(c1ccco1)N1CCCC1)NCCc1ccc(OC)c(OC)c1OC. The summed E-state index contributed by atoms with van der Waals surface area (Å²) in [5, 5.41) is 6.78. The molecular weight excluding hydrogens is 408 g/mol. The van der Waals surface area contributed by atoms with Crippen LogP contribution >= 0.6 is 0 Å². The van der Waals surface area contributed by atoms with Gasteiger partial charge in [-0.2, -0.15) is 0 Å². The van der Waals surface area contributed by atoms with Crippen LogP contribution in [0, 0.1) is 0 Å². The predicted molar refractivity (Wildman–Crippen MR) is 126 cm³/mol. The molecule has 8 heteroatoms. The Morgan fingerprint density at radius 3 is 2.47 bits per heavy atom. The summed E-state index contributed by atoms with van der Waals surface area (Å²) < 4.78 is 22.2. The summed E-state index contributed by atoms with van der Waals surface area (Å²) >= 11 is 0. The molecule has 2 aromatic rings. The van der Waals surface area contributed by atoms with Gasteiger partial charge in [-0.3, -0.25) is 9.89 Å². The number of furan rings is 1. The van der Waals surface area contributed by atoms with Crippen molar-refractivity contribution in [1.82, 2.24) is 15.5 Å². The Morgan fingerprint density at radius 1 is 1.06 bits per heavy atom. The minimum Gasteiger partial charge on any atom is -0.493 e. The molecule has 0 saturated carbocycles. The number of rotatable bonds is 11. The molecule has 1 aromatic heterocycles.